The third-order valence-electron chi connectivity index (χ3n) is 3.38. The van der Waals surface area contributed by atoms with Crippen LogP contribution in [-0.2, 0) is 11.3 Å². The summed E-state index contributed by atoms with van der Waals surface area (Å²) >= 11 is 3.59. The van der Waals surface area contributed by atoms with Crippen LogP contribution in [0.15, 0.2) is 22.7 Å². The van der Waals surface area contributed by atoms with Crippen molar-refractivity contribution >= 4 is 22.0 Å². The summed E-state index contributed by atoms with van der Waals surface area (Å²) in [7, 11) is 4.03. The minimum absolute atomic E-state index is 0.0300. The minimum atomic E-state index is -0.480. The standard InChI is InChI=1S/C16H23BrN2O2/c1-16(2,3)21-15(20)19-9-12-11(7-6-8-13(12)17)14(19)10-18(4)5/h6-8,14H,9-10H2,1-5H3/t14-/m0/s1. The number of fused-ring (bicyclic) bond motifs is 1. The lowest BCUT2D eigenvalue weighted by molar-refractivity contribution is 0.0150. The Bertz CT molecular complexity index is 538. The Morgan fingerprint density at radius 1 is 1.43 bits per heavy atom. The maximum atomic E-state index is 12.5. The first kappa shape index (κ1) is 16.3. The zero-order valence-electron chi connectivity index (χ0n) is 13.3. The van der Waals surface area contributed by atoms with Crippen molar-refractivity contribution in [2.45, 2.75) is 39.0 Å². The highest BCUT2D eigenvalue weighted by Crippen LogP contribution is 2.38. The molecule has 0 spiro atoms. The molecule has 1 amide bonds. The predicted octanol–water partition coefficient (Wildman–Crippen LogP) is 3.80. The van der Waals surface area contributed by atoms with Crippen molar-refractivity contribution in [2.24, 2.45) is 0 Å². The molecule has 0 saturated heterocycles. The van der Waals surface area contributed by atoms with Crippen LogP contribution in [0.1, 0.15) is 37.9 Å². The first-order chi connectivity index (χ1) is 9.69. The first-order valence-electron chi connectivity index (χ1n) is 7.10. The van der Waals surface area contributed by atoms with Gasteiger partial charge in [-0.05, 0) is 52.1 Å². The molecule has 1 aromatic carbocycles. The third-order valence-corrected chi connectivity index (χ3v) is 4.13. The number of carbonyl (C=O) groups is 1. The van der Waals surface area contributed by atoms with E-state index in [4.69, 9.17) is 4.74 Å². The summed E-state index contributed by atoms with van der Waals surface area (Å²) in [6.45, 7) is 7.05. The van der Waals surface area contributed by atoms with Gasteiger partial charge in [0, 0.05) is 11.0 Å². The average Bonchev–Trinajstić information content (AvgIpc) is 2.67. The SMILES string of the molecule is CN(C)C[C@H]1c2cccc(Br)c2CN1C(=O)OC(C)(C)C. The second kappa shape index (κ2) is 5.97. The van der Waals surface area contributed by atoms with Gasteiger partial charge in [0.25, 0.3) is 0 Å². The fourth-order valence-electron chi connectivity index (χ4n) is 2.56. The molecular weight excluding hydrogens is 332 g/mol. The van der Waals surface area contributed by atoms with E-state index in [1.54, 1.807) is 0 Å². The molecule has 0 N–H and O–H groups in total. The minimum Gasteiger partial charge on any atom is -0.444 e. The van der Waals surface area contributed by atoms with E-state index in [0.717, 1.165) is 11.0 Å². The van der Waals surface area contributed by atoms with Gasteiger partial charge >= 0.3 is 6.09 Å². The van der Waals surface area contributed by atoms with Gasteiger partial charge in [-0.3, -0.25) is 4.90 Å². The Hall–Kier alpha value is -1.07. The van der Waals surface area contributed by atoms with Crippen molar-refractivity contribution in [2.75, 3.05) is 20.6 Å². The number of hydrogen-bond acceptors (Lipinski definition) is 3. The molecule has 0 aromatic heterocycles. The van der Waals surface area contributed by atoms with Crippen LogP contribution in [0, 0.1) is 0 Å². The molecule has 0 aliphatic carbocycles. The summed E-state index contributed by atoms with van der Waals surface area (Å²) in [6, 6.07) is 6.16. The second-order valence-electron chi connectivity index (χ2n) is 6.69. The highest BCUT2D eigenvalue weighted by Gasteiger charge is 2.37. The molecule has 0 unspecified atom stereocenters. The molecule has 21 heavy (non-hydrogen) atoms. The molecule has 4 nitrogen and oxygen atoms in total. The number of nitrogens with zero attached hydrogens (tertiary/aromatic N) is 2. The summed E-state index contributed by atoms with van der Waals surface area (Å²) in [6.07, 6.45) is -0.252. The van der Waals surface area contributed by atoms with Crippen LogP contribution in [-0.4, -0.2) is 42.1 Å². The fourth-order valence-corrected chi connectivity index (χ4v) is 3.06. The van der Waals surface area contributed by atoms with E-state index in [9.17, 15) is 4.79 Å². The maximum absolute atomic E-state index is 12.5. The van der Waals surface area contributed by atoms with Crippen LogP contribution in [0.4, 0.5) is 4.79 Å². The number of benzene rings is 1. The van der Waals surface area contributed by atoms with E-state index in [1.165, 1.54) is 11.1 Å². The second-order valence-corrected chi connectivity index (χ2v) is 7.55. The van der Waals surface area contributed by atoms with Crippen LogP contribution < -0.4 is 0 Å². The summed E-state index contributed by atoms with van der Waals surface area (Å²) < 4.78 is 6.61. The van der Waals surface area contributed by atoms with E-state index in [0.29, 0.717) is 6.54 Å². The first-order valence-corrected chi connectivity index (χ1v) is 7.90. The lowest BCUT2D eigenvalue weighted by Crippen LogP contribution is -2.38. The molecule has 0 saturated carbocycles. The van der Waals surface area contributed by atoms with Crippen molar-refractivity contribution < 1.29 is 9.53 Å². The van der Waals surface area contributed by atoms with Crippen molar-refractivity contribution in [1.29, 1.82) is 0 Å². The molecule has 1 aliphatic rings. The number of ether oxygens (including phenoxy) is 1. The largest absolute Gasteiger partial charge is 0.444 e. The fraction of sp³-hybridized carbons (Fsp3) is 0.562. The van der Waals surface area contributed by atoms with Gasteiger partial charge in [-0.15, -0.1) is 0 Å². The topological polar surface area (TPSA) is 32.8 Å². The molecule has 1 aliphatic heterocycles. The normalized spacial score (nSPS) is 18.0. The monoisotopic (exact) mass is 354 g/mol. The number of carbonyl (C=O) groups excluding carboxylic acids is 1. The lowest BCUT2D eigenvalue weighted by atomic mass is 10.0. The number of hydrogen-bond donors (Lipinski definition) is 0. The van der Waals surface area contributed by atoms with Crippen molar-refractivity contribution in [3.8, 4) is 0 Å². The van der Waals surface area contributed by atoms with Crippen LogP contribution in [0.5, 0.6) is 0 Å². The molecule has 116 valence electrons. The smallest absolute Gasteiger partial charge is 0.411 e. The van der Waals surface area contributed by atoms with Gasteiger partial charge < -0.3 is 9.64 Å². The van der Waals surface area contributed by atoms with Crippen LogP contribution in [0.25, 0.3) is 0 Å². The molecule has 0 bridgehead atoms. The number of likely N-dealkylation sites (N-methyl/N-ethyl adjacent to an activating group) is 1. The zero-order valence-corrected chi connectivity index (χ0v) is 14.9. The number of amides is 1. The highest BCUT2D eigenvalue weighted by molar-refractivity contribution is 9.10. The molecule has 1 atom stereocenters. The zero-order chi connectivity index (χ0) is 15.8. The Kier molecular flexibility index (Phi) is 4.63. The van der Waals surface area contributed by atoms with Gasteiger partial charge in [0.2, 0.25) is 0 Å². The highest BCUT2D eigenvalue weighted by atomic mass is 79.9. The van der Waals surface area contributed by atoms with Crippen molar-refractivity contribution in [1.82, 2.24) is 9.80 Å². The van der Waals surface area contributed by atoms with E-state index in [1.807, 2.05) is 51.9 Å². The number of halogens is 1. The van der Waals surface area contributed by atoms with Crippen LogP contribution in [0.3, 0.4) is 0 Å². The Morgan fingerprint density at radius 2 is 2.10 bits per heavy atom. The molecule has 0 radical (unpaired) electrons. The van der Waals surface area contributed by atoms with E-state index in [2.05, 4.69) is 26.9 Å². The summed E-state index contributed by atoms with van der Waals surface area (Å²) in [5, 5.41) is 0. The summed E-state index contributed by atoms with van der Waals surface area (Å²) in [4.78, 5) is 16.4. The van der Waals surface area contributed by atoms with Gasteiger partial charge in [0.05, 0.1) is 12.6 Å². The Morgan fingerprint density at radius 3 is 2.67 bits per heavy atom. The molecule has 0 fully saturated rings. The van der Waals surface area contributed by atoms with Gasteiger partial charge in [-0.25, -0.2) is 4.79 Å². The van der Waals surface area contributed by atoms with Crippen molar-refractivity contribution in [3.05, 3.63) is 33.8 Å². The average molecular weight is 355 g/mol. The Labute approximate surface area is 135 Å². The molecule has 2 rings (SSSR count). The summed E-state index contributed by atoms with van der Waals surface area (Å²) in [5.41, 5.74) is 1.89. The Balaban J connectivity index is 2.30. The summed E-state index contributed by atoms with van der Waals surface area (Å²) in [5.74, 6) is 0. The van der Waals surface area contributed by atoms with Gasteiger partial charge in [0.1, 0.15) is 5.60 Å². The van der Waals surface area contributed by atoms with Crippen LogP contribution in [0.2, 0.25) is 0 Å². The van der Waals surface area contributed by atoms with Gasteiger partial charge in [-0.2, -0.15) is 0 Å². The molecule has 1 heterocycles. The molecule has 5 heteroatoms. The quantitative estimate of drug-likeness (QED) is 0.809. The van der Waals surface area contributed by atoms with E-state index >= 15 is 0 Å². The van der Waals surface area contributed by atoms with Gasteiger partial charge in [0.15, 0.2) is 0 Å². The maximum Gasteiger partial charge on any atom is 0.411 e. The van der Waals surface area contributed by atoms with E-state index < -0.39 is 5.60 Å². The third kappa shape index (κ3) is 3.77. The van der Waals surface area contributed by atoms with Gasteiger partial charge in [-0.1, -0.05) is 28.1 Å². The predicted molar refractivity (Wildman–Crippen MR) is 87.2 cm³/mol. The lowest BCUT2D eigenvalue weighted by Gasteiger charge is -2.30. The molecule has 1 aromatic rings. The van der Waals surface area contributed by atoms with Crippen molar-refractivity contribution in [3.63, 3.8) is 0 Å². The van der Waals surface area contributed by atoms with E-state index in [-0.39, 0.29) is 12.1 Å². The molecular formula is C16H23BrN2O2. The van der Waals surface area contributed by atoms with Crippen LogP contribution >= 0.6 is 15.9 Å². The number of rotatable bonds is 2.